The minimum absolute atomic E-state index is 0.0188. The van der Waals surface area contributed by atoms with Crippen molar-refractivity contribution >= 4 is 35.3 Å². The predicted octanol–water partition coefficient (Wildman–Crippen LogP) is 2.02. The molecule has 43 heavy (non-hydrogen) atoms. The molecule has 4 aliphatic rings. The van der Waals surface area contributed by atoms with Gasteiger partial charge in [-0.1, -0.05) is 65.7 Å². The third-order valence-corrected chi connectivity index (χ3v) is 9.50. The van der Waals surface area contributed by atoms with Gasteiger partial charge in [-0.05, 0) is 56.8 Å². The molecule has 4 atom stereocenters. The van der Waals surface area contributed by atoms with E-state index in [0.29, 0.717) is 19.4 Å². The van der Waals surface area contributed by atoms with Crippen molar-refractivity contribution in [3.05, 3.63) is 0 Å². The summed E-state index contributed by atoms with van der Waals surface area (Å²) in [4.78, 5) is 79.1. The summed E-state index contributed by atoms with van der Waals surface area (Å²) in [5, 5.41) is 14.1. The van der Waals surface area contributed by atoms with Crippen LogP contribution < -0.4 is 26.6 Å². The summed E-state index contributed by atoms with van der Waals surface area (Å²) in [7, 11) is 0. The predicted molar refractivity (Wildman–Crippen MR) is 160 cm³/mol. The van der Waals surface area contributed by atoms with Crippen molar-refractivity contribution in [2.75, 3.05) is 6.54 Å². The average molecular weight is 602 g/mol. The Morgan fingerprint density at radius 1 is 0.767 bits per heavy atom. The Kier molecular flexibility index (Phi) is 11.2. The van der Waals surface area contributed by atoms with Gasteiger partial charge in [-0.3, -0.25) is 28.8 Å². The summed E-state index contributed by atoms with van der Waals surface area (Å²) >= 11 is 0. The molecule has 3 aliphatic carbocycles. The van der Waals surface area contributed by atoms with E-state index < -0.39 is 53.0 Å². The second-order valence-electron chi connectivity index (χ2n) is 14.2. The van der Waals surface area contributed by atoms with E-state index in [1.807, 2.05) is 0 Å². The summed E-state index contributed by atoms with van der Waals surface area (Å²) in [5.41, 5.74) is -0.683. The van der Waals surface area contributed by atoms with Crippen LogP contribution in [0.3, 0.4) is 0 Å². The Morgan fingerprint density at radius 2 is 1.40 bits per heavy atom. The van der Waals surface area contributed by atoms with E-state index in [2.05, 4.69) is 26.6 Å². The lowest BCUT2D eigenvalue weighted by atomic mass is 9.84. The maximum atomic E-state index is 13.9. The molecule has 11 heteroatoms. The van der Waals surface area contributed by atoms with Gasteiger partial charge in [0.05, 0.1) is 6.04 Å². The zero-order chi connectivity index (χ0) is 31.1. The van der Waals surface area contributed by atoms with Gasteiger partial charge in [0, 0.05) is 23.9 Å². The third kappa shape index (κ3) is 9.50. The fourth-order valence-corrected chi connectivity index (χ4v) is 6.60. The number of Topliss-reactive ketones (excluding diaryl/α,β-unsaturated/α-hetero) is 1. The van der Waals surface area contributed by atoms with Crippen LogP contribution in [-0.4, -0.2) is 66.0 Å². The number of hydrogen-bond donors (Lipinski definition) is 5. The maximum absolute atomic E-state index is 13.9. The Morgan fingerprint density at radius 3 is 1.98 bits per heavy atom. The molecule has 0 unspecified atom stereocenters. The van der Waals surface area contributed by atoms with Crippen LogP contribution in [0.15, 0.2) is 0 Å². The number of ketones is 1. The number of carbonyl (C=O) groups is 6. The summed E-state index contributed by atoms with van der Waals surface area (Å²) in [5.74, 6) is -3.18. The van der Waals surface area contributed by atoms with Crippen LogP contribution in [0.2, 0.25) is 0 Å². The van der Waals surface area contributed by atoms with Crippen LogP contribution in [0, 0.1) is 23.2 Å². The van der Waals surface area contributed by atoms with Crippen molar-refractivity contribution in [2.45, 2.75) is 135 Å². The molecule has 1 heterocycles. The SMILES string of the molecule is CC(C)(C)C(=O)N[C@@H](C(=O)N[C@@H](CC1CCCCC1)C(=O)N[C@@H](C[C@@H]1CCNC1=O)C(=O)C(=O)NC1CC1)C1CCCC1. The number of nitrogens with one attached hydrogen (secondary N) is 5. The Bertz CT molecular complexity index is 1050. The van der Waals surface area contributed by atoms with Gasteiger partial charge in [-0.2, -0.15) is 0 Å². The van der Waals surface area contributed by atoms with Gasteiger partial charge in [0.1, 0.15) is 12.1 Å². The fourth-order valence-electron chi connectivity index (χ4n) is 6.60. The molecule has 0 radical (unpaired) electrons. The highest BCUT2D eigenvalue weighted by molar-refractivity contribution is 6.38. The van der Waals surface area contributed by atoms with E-state index >= 15 is 0 Å². The molecule has 240 valence electrons. The van der Waals surface area contributed by atoms with Crippen molar-refractivity contribution in [1.29, 1.82) is 0 Å². The normalized spacial score (nSPS) is 23.5. The quantitative estimate of drug-likeness (QED) is 0.203. The Balaban J connectivity index is 1.52. The first-order valence-corrected chi connectivity index (χ1v) is 16.5. The van der Waals surface area contributed by atoms with Gasteiger partial charge in [0.25, 0.3) is 5.91 Å². The monoisotopic (exact) mass is 601 g/mol. The summed E-state index contributed by atoms with van der Waals surface area (Å²) < 4.78 is 0. The summed E-state index contributed by atoms with van der Waals surface area (Å²) in [6, 6.07) is -2.92. The van der Waals surface area contributed by atoms with E-state index in [0.717, 1.165) is 70.6 Å². The van der Waals surface area contributed by atoms with Crippen molar-refractivity contribution < 1.29 is 28.8 Å². The van der Waals surface area contributed by atoms with Gasteiger partial charge in [0.2, 0.25) is 29.4 Å². The molecule has 0 spiro atoms. The van der Waals surface area contributed by atoms with Gasteiger partial charge in [-0.15, -0.1) is 0 Å². The fraction of sp³-hybridized carbons (Fsp3) is 0.812. The van der Waals surface area contributed by atoms with E-state index in [9.17, 15) is 28.8 Å². The zero-order valence-corrected chi connectivity index (χ0v) is 26.1. The van der Waals surface area contributed by atoms with Crippen molar-refractivity contribution in [3.8, 4) is 0 Å². The van der Waals surface area contributed by atoms with Crippen LogP contribution in [0.4, 0.5) is 0 Å². The minimum Gasteiger partial charge on any atom is -0.356 e. The zero-order valence-electron chi connectivity index (χ0n) is 26.1. The van der Waals surface area contributed by atoms with E-state index in [-0.39, 0.29) is 36.1 Å². The van der Waals surface area contributed by atoms with Crippen molar-refractivity contribution in [2.24, 2.45) is 23.2 Å². The molecule has 4 fully saturated rings. The number of hydrogen-bond acceptors (Lipinski definition) is 6. The Labute approximate surface area is 255 Å². The lowest BCUT2D eigenvalue weighted by Crippen LogP contribution is -2.59. The Hall–Kier alpha value is -2.98. The first-order chi connectivity index (χ1) is 20.4. The van der Waals surface area contributed by atoms with Gasteiger partial charge < -0.3 is 26.6 Å². The topological polar surface area (TPSA) is 163 Å². The lowest BCUT2D eigenvalue weighted by Gasteiger charge is -2.31. The number of rotatable bonds is 13. The van der Waals surface area contributed by atoms with Gasteiger partial charge in [0.15, 0.2) is 0 Å². The molecule has 0 aromatic heterocycles. The van der Waals surface area contributed by atoms with Crippen LogP contribution in [0.5, 0.6) is 0 Å². The van der Waals surface area contributed by atoms with E-state index in [1.165, 1.54) is 0 Å². The van der Waals surface area contributed by atoms with Crippen LogP contribution in [0.25, 0.3) is 0 Å². The van der Waals surface area contributed by atoms with Crippen molar-refractivity contribution in [3.63, 3.8) is 0 Å². The maximum Gasteiger partial charge on any atom is 0.289 e. The van der Waals surface area contributed by atoms with Gasteiger partial charge >= 0.3 is 0 Å². The standard InChI is InChI=1S/C32H51N5O6/c1-32(2,3)31(43)37-25(20-11-7-8-12-20)29(41)36-24(17-19-9-5-4-6-10-19)28(40)35-23(18-21-15-16-33-27(21)39)26(38)30(42)34-22-13-14-22/h19-25H,4-18H2,1-3H3,(H,33,39)(H,34,42)(H,35,40)(H,36,41)(H,37,43)/t21-,23-,24-,25+/m0/s1. The largest absolute Gasteiger partial charge is 0.356 e. The highest BCUT2D eigenvalue weighted by atomic mass is 16.2. The van der Waals surface area contributed by atoms with E-state index in [1.54, 1.807) is 20.8 Å². The highest BCUT2D eigenvalue weighted by Crippen LogP contribution is 2.30. The van der Waals surface area contributed by atoms with E-state index in [4.69, 9.17) is 0 Å². The summed E-state index contributed by atoms with van der Waals surface area (Å²) in [6.45, 7) is 5.88. The van der Waals surface area contributed by atoms with Crippen molar-refractivity contribution in [1.82, 2.24) is 26.6 Å². The van der Waals surface area contributed by atoms with Crippen LogP contribution in [0.1, 0.15) is 111 Å². The first kappa shape index (κ1) is 32.9. The highest BCUT2D eigenvalue weighted by Gasteiger charge is 2.40. The molecule has 0 bridgehead atoms. The molecule has 0 aromatic rings. The second kappa shape index (κ2) is 14.7. The molecular formula is C32H51N5O6. The molecule has 5 N–H and O–H groups in total. The average Bonchev–Trinajstić information content (AvgIpc) is 3.43. The number of carbonyl (C=O) groups excluding carboxylic acids is 6. The summed E-state index contributed by atoms with van der Waals surface area (Å²) in [6.07, 6.45) is 11.3. The molecule has 4 rings (SSSR count). The minimum atomic E-state index is -1.18. The third-order valence-electron chi connectivity index (χ3n) is 9.50. The first-order valence-electron chi connectivity index (χ1n) is 16.5. The van der Waals surface area contributed by atoms with Crippen LogP contribution in [-0.2, 0) is 28.8 Å². The molecule has 11 nitrogen and oxygen atoms in total. The smallest absolute Gasteiger partial charge is 0.289 e. The molecular weight excluding hydrogens is 550 g/mol. The second-order valence-corrected chi connectivity index (χ2v) is 14.2. The molecule has 5 amide bonds. The lowest BCUT2D eigenvalue weighted by molar-refractivity contribution is -0.141. The molecule has 3 saturated carbocycles. The van der Waals surface area contributed by atoms with Crippen LogP contribution >= 0.6 is 0 Å². The molecule has 0 aromatic carbocycles. The molecule has 1 saturated heterocycles. The molecule has 1 aliphatic heterocycles. The number of amides is 5. The van der Waals surface area contributed by atoms with Gasteiger partial charge in [-0.25, -0.2) is 0 Å².